The number of hydrogen-bond acceptors (Lipinski definition) is 3. The molecule has 0 fully saturated rings. The van der Waals surface area contributed by atoms with Crippen molar-refractivity contribution in [1.82, 2.24) is 0 Å². The number of anilines is 1. The van der Waals surface area contributed by atoms with E-state index < -0.39 is 58.2 Å². The predicted octanol–water partition coefficient (Wildman–Crippen LogP) is 6.48. The molecule has 0 saturated carbocycles. The number of nitrogens with zero attached hydrogens (tertiary/aromatic N) is 1. The summed E-state index contributed by atoms with van der Waals surface area (Å²) in [5, 5.41) is 0. The molecule has 3 aromatic carbocycles. The van der Waals surface area contributed by atoms with Gasteiger partial charge in [0.25, 0.3) is 11.8 Å². The SMILES string of the molecule is O=C1c2ccccc2C(=O)N1c1cc(Br)c(Oc2c(F)cc(C(F)(F)F)cc2F)cc1F. The topological polar surface area (TPSA) is 46.6 Å². The summed E-state index contributed by atoms with van der Waals surface area (Å²) in [4.78, 5) is 25.7. The van der Waals surface area contributed by atoms with Gasteiger partial charge < -0.3 is 4.74 Å². The molecule has 0 radical (unpaired) electrons. The van der Waals surface area contributed by atoms with Crippen molar-refractivity contribution in [2.24, 2.45) is 0 Å². The predicted molar refractivity (Wildman–Crippen MR) is 103 cm³/mol. The molecule has 4 nitrogen and oxygen atoms in total. The molecule has 0 atom stereocenters. The van der Waals surface area contributed by atoms with Gasteiger partial charge in [-0.15, -0.1) is 0 Å². The molecule has 0 unspecified atom stereocenters. The Morgan fingerprint density at radius 1 is 0.812 bits per heavy atom. The standard InChI is InChI=1S/C21H8BrF6NO3/c22-12-7-16(29-19(30)10-3-1-2-4-11(10)20(29)31)13(23)8-17(12)32-18-14(24)5-9(6-15(18)25)21(26,27)28/h1-8H. The van der Waals surface area contributed by atoms with Crippen LogP contribution in [0.4, 0.5) is 32.0 Å². The van der Waals surface area contributed by atoms with E-state index in [2.05, 4.69) is 15.9 Å². The molecule has 32 heavy (non-hydrogen) atoms. The van der Waals surface area contributed by atoms with Crippen LogP contribution in [0.5, 0.6) is 11.5 Å². The fraction of sp³-hybridized carbons (Fsp3) is 0.0476. The Hall–Kier alpha value is -3.34. The van der Waals surface area contributed by atoms with E-state index in [9.17, 15) is 35.9 Å². The fourth-order valence-corrected chi connectivity index (χ4v) is 3.52. The van der Waals surface area contributed by atoms with Gasteiger partial charge in [-0.1, -0.05) is 12.1 Å². The summed E-state index contributed by atoms with van der Waals surface area (Å²) in [5.41, 5.74) is -1.88. The lowest BCUT2D eigenvalue weighted by Crippen LogP contribution is -2.30. The molecule has 11 heteroatoms. The Morgan fingerprint density at radius 2 is 1.34 bits per heavy atom. The van der Waals surface area contributed by atoms with Gasteiger partial charge in [-0.3, -0.25) is 9.59 Å². The highest BCUT2D eigenvalue weighted by atomic mass is 79.9. The number of carbonyl (C=O) groups is 2. The summed E-state index contributed by atoms with van der Waals surface area (Å²) in [6, 6.07) is 7.55. The van der Waals surface area contributed by atoms with Crippen molar-refractivity contribution in [1.29, 1.82) is 0 Å². The largest absolute Gasteiger partial charge is 0.450 e. The highest BCUT2D eigenvalue weighted by molar-refractivity contribution is 9.10. The van der Waals surface area contributed by atoms with Crippen LogP contribution in [-0.2, 0) is 6.18 Å². The second kappa shape index (κ2) is 7.66. The normalized spacial score (nSPS) is 13.5. The van der Waals surface area contributed by atoms with E-state index in [1.54, 1.807) is 0 Å². The number of hydrogen-bond donors (Lipinski definition) is 0. The van der Waals surface area contributed by atoms with E-state index in [1.165, 1.54) is 24.3 Å². The van der Waals surface area contributed by atoms with Crippen LogP contribution in [0, 0.1) is 17.5 Å². The molecule has 0 aliphatic carbocycles. The van der Waals surface area contributed by atoms with E-state index in [-0.39, 0.29) is 27.7 Å². The van der Waals surface area contributed by atoms with E-state index in [1.807, 2.05) is 0 Å². The number of ether oxygens (including phenoxy) is 1. The van der Waals surface area contributed by atoms with Crippen LogP contribution in [0.1, 0.15) is 26.3 Å². The quantitative estimate of drug-likeness (QED) is 0.296. The van der Waals surface area contributed by atoms with Crippen LogP contribution in [0.2, 0.25) is 0 Å². The monoisotopic (exact) mass is 515 g/mol. The molecule has 1 aliphatic heterocycles. The number of amides is 2. The summed E-state index contributed by atoms with van der Waals surface area (Å²) in [5.74, 6) is -7.70. The molecular formula is C21H8BrF6NO3. The van der Waals surface area contributed by atoms with Crippen LogP contribution in [-0.4, -0.2) is 11.8 Å². The third kappa shape index (κ3) is 3.62. The summed E-state index contributed by atoms with van der Waals surface area (Å²) < 4.78 is 85.8. The highest BCUT2D eigenvalue weighted by Gasteiger charge is 2.38. The molecule has 1 heterocycles. The maximum Gasteiger partial charge on any atom is 0.416 e. The van der Waals surface area contributed by atoms with Crippen molar-refractivity contribution < 1.29 is 40.7 Å². The van der Waals surface area contributed by atoms with Crippen molar-refractivity contribution in [2.45, 2.75) is 6.18 Å². The molecule has 3 aromatic rings. The summed E-state index contributed by atoms with van der Waals surface area (Å²) in [6.07, 6.45) is -4.99. The van der Waals surface area contributed by atoms with Gasteiger partial charge in [-0.2, -0.15) is 13.2 Å². The van der Waals surface area contributed by atoms with Crippen molar-refractivity contribution in [3.05, 3.63) is 87.1 Å². The molecular weight excluding hydrogens is 508 g/mol. The second-order valence-electron chi connectivity index (χ2n) is 6.59. The fourth-order valence-electron chi connectivity index (χ4n) is 3.11. The first-order valence-electron chi connectivity index (χ1n) is 8.70. The van der Waals surface area contributed by atoms with E-state index in [4.69, 9.17) is 4.74 Å². The van der Waals surface area contributed by atoms with Crippen molar-refractivity contribution >= 4 is 33.4 Å². The molecule has 4 rings (SSSR count). The van der Waals surface area contributed by atoms with E-state index in [0.29, 0.717) is 11.0 Å². The number of fused-ring (bicyclic) bond motifs is 1. The third-order valence-electron chi connectivity index (χ3n) is 4.57. The number of benzene rings is 3. The Morgan fingerprint density at radius 3 is 1.84 bits per heavy atom. The minimum Gasteiger partial charge on any atom is -0.450 e. The first kappa shape index (κ1) is 21.9. The number of imide groups is 1. The minimum absolute atomic E-state index is 0.0375. The van der Waals surface area contributed by atoms with Crippen molar-refractivity contribution in [3.63, 3.8) is 0 Å². The Bertz CT molecular complexity index is 1230. The lowest BCUT2D eigenvalue weighted by Gasteiger charge is -2.17. The summed E-state index contributed by atoms with van der Waals surface area (Å²) in [6.45, 7) is 0. The van der Waals surface area contributed by atoms with Gasteiger partial charge in [-0.25, -0.2) is 18.1 Å². The molecule has 0 saturated heterocycles. The van der Waals surface area contributed by atoms with E-state index in [0.717, 1.165) is 6.07 Å². The van der Waals surface area contributed by atoms with Gasteiger partial charge in [0, 0.05) is 6.07 Å². The maximum absolute atomic E-state index is 14.8. The van der Waals surface area contributed by atoms with E-state index >= 15 is 0 Å². The minimum atomic E-state index is -4.99. The molecule has 0 N–H and O–H groups in total. The van der Waals surface area contributed by atoms with Gasteiger partial charge in [0.15, 0.2) is 23.2 Å². The average Bonchev–Trinajstić information content (AvgIpc) is 2.97. The van der Waals surface area contributed by atoms with Gasteiger partial charge in [-0.05, 0) is 46.3 Å². The number of carbonyl (C=O) groups excluding carboxylic acids is 2. The lowest BCUT2D eigenvalue weighted by molar-refractivity contribution is -0.138. The molecule has 164 valence electrons. The maximum atomic E-state index is 14.8. The van der Waals surface area contributed by atoms with Crippen LogP contribution in [0.3, 0.4) is 0 Å². The zero-order valence-corrected chi connectivity index (χ0v) is 17.0. The average molecular weight is 516 g/mol. The van der Waals surface area contributed by atoms with Crippen molar-refractivity contribution in [2.75, 3.05) is 4.90 Å². The molecule has 0 bridgehead atoms. The smallest absolute Gasteiger partial charge is 0.416 e. The first-order chi connectivity index (χ1) is 15.0. The second-order valence-corrected chi connectivity index (χ2v) is 7.45. The Kier molecular flexibility index (Phi) is 5.24. The number of halogens is 7. The van der Waals surface area contributed by atoms with Crippen LogP contribution >= 0.6 is 15.9 Å². The zero-order valence-electron chi connectivity index (χ0n) is 15.4. The number of alkyl halides is 3. The van der Waals surface area contributed by atoms with Gasteiger partial charge in [0.1, 0.15) is 5.75 Å². The van der Waals surface area contributed by atoms with Crippen LogP contribution in [0.25, 0.3) is 0 Å². The molecule has 0 spiro atoms. The lowest BCUT2D eigenvalue weighted by atomic mass is 10.1. The zero-order chi connectivity index (χ0) is 23.4. The molecule has 2 amide bonds. The van der Waals surface area contributed by atoms with Gasteiger partial charge in [0.05, 0.1) is 26.9 Å². The number of rotatable bonds is 3. The Balaban J connectivity index is 1.70. The first-order valence-corrected chi connectivity index (χ1v) is 9.49. The summed E-state index contributed by atoms with van der Waals surface area (Å²) in [7, 11) is 0. The van der Waals surface area contributed by atoms with Gasteiger partial charge >= 0.3 is 6.18 Å². The van der Waals surface area contributed by atoms with Crippen LogP contribution < -0.4 is 9.64 Å². The molecule has 0 aromatic heterocycles. The van der Waals surface area contributed by atoms with Crippen LogP contribution in [0.15, 0.2) is 53.0 Å². The van der Waals surface area contributed by atoms with Crippen molar-refractivity contribution in [3.8, 4) is 11.5 Å². The third-order valence-corrected chi connectivity index (χ3v) is 5.19. The molecule has 1 aliphatic rings. The summed E-state index contributed by atoms with van der Waals surface area (Å²) >= 11 is 2.99. The highest BCUT2D eigenvalue weighted by Crippen LogP contribution is 2.40. The van der Waals surface area contributed by atoms with Gasteiger partial charge in [0.2, 0.25) is 0 Å². The Labute approximate surface area is 184 Å².